The SMILES string of the molecule is CC.O=S(=O)(O)c1cc2cc(SOOO)ccc2c(N=Nc2ccccn2)c1O. The number of nitrogens with zero attached hydrogens (tertiary/aromatic N) is 3. The van der Waals surface area contributed by atoms with Crippen LogP contribution in [0.1, 0.15) is 13.8 Å². The van der Waals surface area contributed by atoms with E-state index in [4.69, 9.17) is 5.26 Å². The average Bonchev–Trinajstić information content (AvgIpc) is 2.72. The lowest BCUT2D eigenvalue weighted by atomic mass is 10.1. The summed E-state index contributed by atoms with van der Waals surface area (Å²) in [7, 11) is -4.73. The number of phenolic OH excluding ortho intramolecular Hbond substituents is 1. The lowest BCUT2D eigenvalue weighted by Crippen LogP contribution is -1.99. The van der Waals surface area contributed by atoms with E-state index in [1.807, 2.05) is 13.8 Å². The van der Waals surface area contributed by atoms with Crippen LogP contribution in [0, 0.1) is 0 Å². The van der Waals surface area contributed by atoms with Crippen molar-refractivity contribution in [2.45, 2.75) is 23.6 Å². The predicted octanol–water partition coefficient (Wildman–Crippen LogP) is 5.06. The molecule has 29 heavy (non-hydrogen) atoms. The molecule has 0 fully saturated rings. The molecule has 0 bridgehead atoms. The molecule has 12 heteroatoms. The van der Waals surface area contributed by atoms with E-state index in [-0.39, 0.29) is 11.5 Å². The van der Waals surface area contributed by atoms with Gasteiger partial charge in [-0.05, 0) is 35.7 Å². The summed E-state index contributed by atoms with van der Waals surface area (Å²) in [6.45, 7) is 4.00. The number of aromatic nitrogens is 1. The van der Waals surface area contributed by atoms with Crippen molar-refractivity contribution in [1.29, 1.82) is 0 Å². The zero-order chi connectivity index (χ0) is 21.4. The van der Waals surface area contributed by atoms with Gasteiger partial charge in [0.2, 0.25) is 0 Å². The zero-order valence-electron chi connectivity index (χ0n) is 15.3. The molecule has 0 aliphatic rings. The molecule has 1 aromatic heterocycles. The molecule has 0 unspecified atom stereocenters. The number of aromatic hydroxyl groups is 1. The van der Waals surface area contributed by atoms with E-state index in [1.165, 1.54) is 18.3 Å². The Balaban J connectivity index is 0.00000145. The Morgan fingerprint density at radius 2 is 1.86 bits per heavy atom. The molecule has 0 radical (unpaired) electrons. The largest absolute Gasteiger partial charge is 0.504 e. The third-order valence-corrected chi connectivity index (χ3v) is 4.81. The number of phenols is 1. The molecule has 0 amide bonds. The maximum absolute atomic E-state index is 11.6. The molecule has 0 saturated carbocycles. The lowest BCUT2D eigenvalue weighted by molar-refractivity contribution is -0.432. The standard InChI is InChI=1S/C15H11N3O7S2.C2H6/c19-15-12(27(21,22)23)8-9-7-10(26-25-24-20)4-5-11(9)14(15)18-17-13-3-1-2-6-16-13;1-2/h1-8,19-20H,(H,21,22,23);1-2H3. The maximum atomic E-state index is 11.6. The summed E-state index contributed by atoms with van der Waals surface area (Å²) in [6, 6.07) is 10.6. The van der Waals surface area contributed by atoms with E-state index >= 15 is 0 Å². The van der Waals surface area contributed by atoms with Crippen molar-refractivity contribution in [3.63, 3.8) is 0 Å². The fourth-order valence-electron chi connectivity index (χ4n) is 2.25. The van der Waals surface area contributed by atoms with Gasteiger partial charge in [0, 0.05) is 16.5 Å². The number of hydrogen-bond donors (Lipinski definition) is 3. The Kier molecular flexibility index (Phi) is 8.01. The van der Waals surface area contributed by atoms with E-state index in [0.29, 0.717) is 27.7 Å². The monoisotopic (exact) mass is 439 g/mol. The van der Waals surface area contributed by atoms with Crippen molar-refractivity contribution in [2.75, 3.05) is 0 Å². The zero-order valence-corrected chi connectivity index (χ0v) is 16.9. The minimum Gasteiger partial charge on any atom is -0.504 e. The molecule has 0 atom stereocenters. The van der Waals surface area contributed by atoms with Crippen LogP contribution >= 0.6 is 12.0 Å². The molecule has 0 aliphatic carbocycles. The Labute approximate surface area is 170 Å². The Hall–Kier alpha value is -2.61. The third-order valence-electron chi connectivity index (χ3n) is 3.36. The van der Waals surface area contributed by atoms with Gasteiger partial charge < -0.3 is 5.11 Å². The van der Waals surface area contributed by atoms with E-state index in [0.717, 1.165) is 6.07 Å². The summed E-state index contributed by atoms with van der Waals surface area (Å²) < 4.78 is 36.9. The van der Waals surface area contributed by atoms with Gasteiger partial charge in [-0.1, -0.05) is 31.0 Å². The van der Waals surface area contributed by atoms with Crippen LogP contribution in [-0.2, 0) is 19.5 Å². The number of azo groups is 1. The maximum Gasteiger partial charge on any atom is 0.298 e. The topological polar surface area (TPSA) is 151 Å². The summed E-state index contributed by atoms with van der Waals surface area (Å²) in [4.78, 5) is 3.67. The second kappa shape index (κ2) is 10.2. The van der Waals surface area contributed by atoms with E-state index < -0.39 is 20.8 Å². The van der Waals surface area contributed by atoms with Crippen LogP contribution in [0.5, 0.6) is 5.75 Å². The van der Waals surface area contributed by atoms with Crippen molar-refractivity contribution in [1.82, 2.24) is 4.98 Å². The van der Waals surface area contributed by atoms with Crippen LogP contribution in [-0.4, -0.2) is 28.3 Å². The second-order valence-corrected chi connectivity index (χ2v) is 7.21. The van der Waals surface area contributed by atoms with Crippen molar-refractivity contribution >= 4 is 44.4 Å². The van der Waals surface area contributed by atoms with E-state index in [9.17, 15) is 18.1 Å². The molecule has 10 nitrogen and oxygen atoms in total. The first-order valence-corrected chi connectivity index (χ1v) is 10.3. The van der Waals surface area contributed by atoms with Crippen LogP contribution in [0.4, 0.5) is 11.5 Å². The van der Waals surface area contributed by atoms with Crippen molar-refractivity contribution < 1.29 is 32.7 Å². The van der Waals surface area contributed by atoms with Crippen LogP contribution in [0.15, 0.2) is 68.7 Å². The molecule has 3 rings (SSSR count). The van der Waals surface area contributed by atoms with Gasteiger partial charge in [-0.3, -0.25) is 4.55 Å². The second-order valence-electron chi connectivity index (χ2n) is 5.04. The summed E-state index contributed by atoms with van der Waals surface area (Å²) >= 11 is 0.658. The smallest absolute Gasteiger partial charge is 0.298 e. The summed E-state index contributed by atoms with van der Waals surface area (Å²) in [5.41, 5.74) is -0.165. The minimum absolute atomic E-state index is 0.165. The van der Waals surface area contributed by atoms with Crippen LogP contribution < -0.4 is 0 Å². The highest BCUT2D eigenvalue weighted by atomic mass is 32.2. The third kappa shape index (κ3) is 5.69. The number of rotatable bonds is 6. The fraction of sp³-hybridized carbons (Fsp3) is 0.118. The van der Waals surface area contributed by atoms with Gasteiger partial charge in [0.15, 0.2) is 11.6 Å². The molecule has 3 N–H and O–H groups in total. The summed E-state index contributed by atoms with van der Waals surface area (Å²) in [5, 5.41) is 30.5. The minimum atomic E-state index is -4.73. The highest BCUT2D eigenvalue weighted by Crippen LogP contribution is 2.42. The van der Waals surface area contributed by atoms with Gasteiger partial charge in [-0.25, -0.2) is 10.2 Å². The normalized spacial score (nSPS) is 11.4. The van der Waals surface area contributed by atoms with Gasteiger partial charge in [0.25, 0.3) is 10.1 Å². The first-order valence-electron chi connectivity index (χ1n) is 8.15. The fourth-order valence-corrected chi connectivity index (χ4v) is 3.27. The summed E-state index contributed by atoms with van der Waals surface area (Å²) in [5.74, 6) is -0.511. The lowest BCUT2D eigenvalue weighted by Gasteiger charge is -2.09. The Bertz CT molecular complexity index is 1110. The highest BCUT2D eigenvalue weighted by molar-refractivity contribution is 7.94. The van der Waals surface area contributed by atoms with Gasteiger partial charge in [-0.15, -0.1) is 14.6 Å². The Morgan fingerprint density at radius 1 is 1.10 bits per heavy atom. The van der Waals surface area contributed by atoms with Crippen LogP contribution in [0.25, 0.3) is 10.8 Å². The molecule has 0 aliphatic heterocycles. The highest BCUT2D eigenvalue weighted by Gasteiger charge is 2.22. The quantitative estimate of drug-likeness (QED) is 0.157. The molecule has 1 heterocycles. The van der Waals surface area contributed by atoms with Gasteiger partial charge in [0.1, 0.15) is 10.6 Å². The van der Waals surface area contributed by atoms with Crippen molar-refractivity contribution in [3.05, 3.63) is 48.7 Å². The first-order chi connectivity index (χ1) is 13.9. The number of benzene rings is 2. The van der Waals surface area contributed by atoms with Gasteiger partial charge in [-0.2, -0.15) is 8.42 Å². The van der Waals surface area contributed by atoms with Gasteiger partial charge >= 0.3 is 0 Å². The van der Waals surface area contributed by atoms with Crippen molar-refractivity contribution in [3.8, 4) is 5.75 Å². The number of hydrogen-bond acceptors (Lipinski definition) is 10. The van der Waals surface area contributed by atoms with Crippen LogP contribution in [0.3, 0.4) is 0 Å². The number of fused-ring (bicyclic) bond motifs is 1. The summed E-state index contributed by atoms with van der Waals surface area (Å²) in [6.07, 6.45) is 1.49. The van der Waals surface area contributed by atoms with Gasteiger partial charge in [0.05, 0.1) is 12.0 Å². The molecule has 0 spiro atoms. The van der Waals surface area contributed by atoms with E-state index in [1.54, 1.807) is 24.3 Å². The average molecular weight is 439 g/mol. The van der Waals surface area contributed by atoms with E-state index in [2.05, 4.69) is 24.6 Å². The molecule has 3 aromatic rings. The van der Waals surface area contributed by atoms with Crippen LogP contribution in [0.2, 0.25) is 0 Å². The Morgan fingerprint density at radius 3 is 2.48 bits per heavy atom. The molecular weight excluding hydrogens is 422 g/mol. The molecular formula is C17H17N3O7S2. The molecule has 2 aromatic carbocycles. The molecule has 0 saturated heterocycles. The predicted molar refractivity (Wildman–Crippen MR) is 106 cm³/mol. The number of pyridine rings is 1. The van der Waals surface area contributed by atoms with Crippen molar-refractivity contribution in [2.24, 2.45) is 10.2 Å². The molecule has 154 valence electrons. The first kappa shape index (κ1) is 22.7.